The highest BCUT2D eigenvalue weighted by Crippen LogP contribution is 2.40. The quantitative estimate of drug-likeness (QED) is 0.0646. The molecule has 0 aliphatic rings. The summed E-state index contributed by atoms with van der Waals surface area (Å²) >= 11 is 8.73. The minimum atomic E-state index is -0.786. The number of carbonyl (C=O) groups is 4. The van der Waals surface area contributed by atoms with Crippen molar-refractivity contribution < 1.29 is 28.3 Å². The second-order valence-electron chi connectivity index (χ2n) is 12.1. The van der Waals surface area contributed by atoms with Crippen molar-refractivity contribution in [3.05, 3.63) is 177 Å². The van der Waals surface area contributed by atoms with Gasteiger partial charge in [0, 0.05) is 32.7 Å². The van der Waals surface area contributed by atoms with Gasteiger partial charge in [0.1, 0.15) is 27.3 Å². The van der Waals surface area contributed by atoms with E-state index in [0.717, 1.165) is 11.1 Å². The lowest BCUT2D eigenvalue weighted by Gasteiger charge is -2.18. The fraction of sp³-hybridized carbons (Fsp3) is 0.0698. The van der Waals surface area contributed by atoms with Crippen molar-refractivity contribution in [2.24, 2.45) is 0 Å². The Morgan fingerprint density at radius 2 is 1.53 bits per heavy atom. The van der Waals surface area contributed by atoms with Crippen LogP contribution >= 0.6 is 34.7 Å². The Hall–Kier alpha value is -6.01. The molecular formula is C43H33ClFN3O5S2. The Balaban J connectivity index is 1.27. The van der Waals surface area contributed by atoms with Crippen molar-refractivity contribution in [3.63, 3.8) is 0 Å². The summed E-state index contributed by atoms with van der Waals surface area (Å²) in [5, 5.41) is 9.77. The van der Waals surface area contributed by atoms with Gasteiger partial charge in [0.25, 0.3) is 11.8 Å². The molecule has 276 valence electrons. The van der Waals surface area contributed by atoms with Gasteiger partial charge in [-0.25, -0.2) is 9.18 Å². The molecule has 6 aromatic rings. The Morgan fingerprint density at radius 1 is 0.836 bits per heavy atom. The van der Waals surface area contributed by atoms with Crippen LogP contribution in [0.15, 0.2) is 143 Å². The molecule has 0 fully saturated rings. The first-order valence-electron chi connectivity index (χ1n) is 16.8. The van der Waals surface area contributed by atoms with Crippen LogP contribution < -0.4 is 16.0 Å². The summed E-state index contributed by atoms with van der Waals surface area (Å²) < 4.78 is 19.9. The zero-order chi connectivity index (χ0) is 38.9. The minimum absolute atomic E-state index is 0.0514. The van der Waals surface area contributed by atoms with E-state index >= 15 is 0 Å². The van der Waals surface area contributed by atoms with Crippen molar-refractivity contribution in [2.45, 2.75) is 17.1 Å². The molecule has 5 aromatic carbocycles. The Morgan fingerprint density at radius 3 is 2.22 bits per heavy atom. The van der Waals surface area contributed by atoms with E-state index in [-0.39, 0.29) is 33.3 Å². The van der Waals surface area contributed by atoms with E-state index in [1.165, 1.54) is 54.5 Å². The average molecular weight is 790 g/mol. The molecule has 0 bridgehead atoms. The molecule has 3 N–H and O–H groups in total. The topological polar surface area (TPSA) is 114 Å². The maximum Gasteiger partial charge on any atom is 0.341 e. The SMILES string of the molecule is COC(=O)c1c(-c2ccc(C)cc2)csc1NC(=O)C(Sc1cccc(NC(=O)/C(=C\c2c(F)cccc2Cl)NC(=O)c2ccccc2)c1)c1ccccc1. The maximum atomic E-state index is 14.8. The molecule has 8 nitrogen and oxygen atoms in total. The molecule has 0 saturated carbocycles. The Bertz CT molecular complexity index is 2370. The Labute approximate surface area is 330 Å². The predicted octanol–water partition coefficient (Wildman–Crippen LogP) is 10.2. The van der Waals surface area contributed by atoms with Crippen LogP contribution in [0.25, 0.3) is 17.2 Å². The molecule has 0 spiro atoms. The van der Waals surface area contributed by atoms with E-state index in [1.807, 2.05) is 66.9 Å². The molecule has 1 heterocycles. The molecule has 1 unspecified atom stereocenters. The van der Waals surface area contributed by atoms with Crippen molar-refractivity contribution in [1.82, 2.24) is 5.32 Å². The largest absolute Gasteiger partial charge is 0.465 e. The van der Waals surface area contributed by atoms with Gasteiger partial charge < -0.3 is 20.7 Å². The summed E-state index contributed by atoms with van der Waals surface area (Å²) in [6.45, 7) is 1.97. The molecule has 6 rings (SSSR count). The van der Waals surface area contributed by atoms with Crippen LogP contribution in [0.2, 0.25) is 5.02 Å². The summed E-state index contributed by atoms with van der Waals surface area (Å²) in [6.07, 6.45) is 1.18. The monoisotopic (exact) mass is 789 g/mol. The normalized spacial score (nSPS) is 11.7. The van der Waals surface area contributed by atoms with Crippen LogP contribution in [-0.2, 0) is 14.3 Å². The van der Waals surface area contributed by atoms with E-state index in [1.54, 1.807) is 54.6 Å². The van der Waals surface area contributed by atoms with Crippen LogP contribution in [0.5, 0.6) is 0 Å². The zero-order valence-corrected chi connectivity index (χ0v) is 31.9. The third-order valence-corrected chi connectivity index (χ3v) is 10.8. The van der Waals surface area contributed by atoms with Crippen LogP contribution in [0.4, 0.5) is 15.1 Å². The Kier molecular flexibility index (Phi) is 12.6. The molecular weight excluding hydrogens is 757 g/mol. The number of aryl methyl sites for hydroxylation is 1. The van der Waals surface area contributed by atoms with Crippen LogP contribution in [0, 0.1) is 12.7 Å². The van der Waals surface area contributed by atoms with Crippen LogP contribution in [0.1, 0.15) is 42.7 Å². The van der Waals surface area contributed by atoms with Gasteiger partial charge in [0.15, 0.2) is 0 Å². The highest BCUT2D eigenvalue weighted by molar-refractivity contribution is 8.00. The fourth-order valence-corrected chi connectivity index (χ4v) is 7.76. The third kappa shape index (κ3) is 9.57. The number of methoxy groups -OCH3 is 1. The first kappa shape index (κ1) is 38.7. The average Bonchev–Trinajstić information content (AvgIpc) is 3.61. The number of thioether (sulfide) groups is 1. The fourth-order valence-electron chi connectivity index (χ4n) is 5.50. The van der Waals surface area contributed by atoms with Gasteiger partial charge in [-0.15, -0.1) is 23.1 Å². The van der Waals surface area contributed by atoms with E-state index in [4.69, 9.17) is 16.3 Å². The number of benzene rings is 5. The molecule has 12 heteroatoms. The number of hydrogen-bond acceptors (Lipinski definition) is 7. The number of ether oxygens (including phenoxy) is 1. The number of nitrogens with one attached hydrogen (secondary N) is 3. The number of carbonyl (C=O) groups excluding carboxylic acids is 4. The first-order chi connectivity index (χ1) is 26.6. The minimum Gasteiger partial charge on any atom is -0.465 e. The van der Waals surface area contributed by atoms with Gasteiger partial charge in [-0.05, 0) is 66.6 Å². The number of rotatable bonds is 12. The zero-order valence-electron chi connectivity index (χ0n) is 29.5. The number of hydrogen-bond donors (Lipinski definition) is 3. The van der Waals surface area contributed by atoms with Crippen molar-refractivity contribution in [3.8, 4) is 11.1 Å². The number of anilines is 2. The van der Waals surface area contributed by atoms with Gasteiger partial charge in [-0.3, -0.25) is 14.4 Å². The summed E-state index contributed by atoms with van der Waals surface area (Å²) in [5.74, 6) is -2.96. The van der Waals surface area contributed by atoms with Gasteiger partial charge in [0.2, 0.25) is 5.91 Å². The first-order valence-corrected chi connectivity index (χ1v) is 19.0. The van der Waals surface area contributed by atoms with E-state index < -0.39 is 28.9 Å². The van der Waals surface area contributed by atoms with Gasteiger partial charge in [0.05, 0.1) is 12.1 Å². The standard InChI is InChI=1S/C43H33ClFN3O5S2/c1-26-19-21-27(22-20-26)33-25-54-42(37(33)43(52)53-2)48-41(51)38(28-11-5-3-6-12-28)55-31-16-9-15-30(23-31)46-40(50)36(24-32-34(44)17-10-18-35(32)45)47-39(49)29-13-7-4-8-14-29/h3-25,38H,1-2H3,(H,46,50)(H,47,49)(H,48,51)/b36-24+. The second-order valence-corrected chi connectivity index (χ2v) is 14.6. The van der Waals surface area contributed by atoms with Crippen LogP contribution in [-0.4, -0.2) is 30.8 Å². The lowest BCUT2D eigenvalue weighted by Crippen LogP contribution is -2.30. The molecule has 1 atom stereocenters. The lowest BCUT2D eigenvalue weighted by molar-refractivity contribution is -0.116. The molecule has 0 aliphatic carbocycles. The van der Waals surface area contributed by atoms with Crippen molar-refractivity contribution in [2.75, 3.05) is 17.7 Å². The summed E-state index contributed by atoms with van der Waals surface area (Å²) in [7, 11) is 1.30. The number of halogens is 2. The lowest BCUT2D eigenvalue weighted by atomic mass is 10.0. The molecule has 0 aliphatic heterocycles. The van der Waals surface area contributed by atoms with Crippen molar-refractivity contribution in [1.29, 1.82) is 0 Å². The van der Waals surface area contributed by atoms with Gasteiger partial charge >= 0.3 is 5.97 Å². The molecule has 0 saturated heterocycles. The third-order valence-electron chi connectivity index (χ3n) is 8.28. The predicted molar refractivity (Wildman–Crippen MR) is 218 cm³/mol. The smallest absolute Gasteiger partial charge is 0.341 e. The molecule has 0 radical (unpaired) electrons. The van der Waals surface area contributed by atoms with Crippen molar-refractivity contribution >= 4 is 75.2 Å². The van der Waals surface area contributed by atoms with Gasteiger partial charge in [-0.2, -0.15) is 0 Å². The highest BCUT2D eigenvalue weighted by Gasteiger charge is 2.27. The highest BCUT2D eigenvalue weighted by atomic mass is 35.5. The van der Waals surface area contributed by atoms with E-state index in [0.29, 0.717) is 26.7 Å². The number of amides is 3. The number of esters is 1. The van der Waals surface area contributed by atoms with Gasteiger partial charge in [-0.1, -0.05) is 102 Å². The van der Waals surface area contributed by atoms with E-state index in [2.05, 4.69) is 16.0 Å². The number of thiophene rings is 1. The second kappa shape index (κ2) is 17.9. The molecule has 3 amide bonds. The summed E-state index contributed by atoms with van der Waals surface area (Å²) in [5.41, 5.74) is 3.79. The van der Waals surface area contributed by atoms with Crippen LogP contribution in [0.3, 0.4) is 0 Å². The summed E-state index contributed by atoms with van der Waals surface area (Å²) in [6, 6.07) is 36.1. The maximum absolute atomic E-state index is 14.8. The van der Waals surface area contributed by atoms with E-state index in [9.17, 15) is 23.6 Å². The molecule has 1 aromatic heterocycles. The molecule has 55 heavy (non-hydrogen) atoms. The summed E-state index contributed by atoms with van der Waals surface area (Å²) in [4.78, 5) is 54.7.